The number of nitrogens with zero attached hydrogens (tertiary/aromatic N) is 1. The minimum atomic E-state index is -0.879. The van der Waals surface area contributed by atoms with Crippen LogP contribution in [0.3, 0.4) is 0 Å². The topological polar surface area (TPSA) is 69.6 Å². The Bertz CT molecular complexity index is 761. The fraction of sp³-hybridized carbons (Fsp3) is 0.300. The lowest BCUT2D eigenvalue weighted by atomic mass is 10.1. The number of rotatable bonds is 5. The first-order chi connectivity index (χ1) is 12.1. The fourth-order valence-corrected chi connectivity index (χ4v) is 3.13. The third-order valence-electron chi connectivity index (χ3n) is 4.46. The third kappa shape index (κ3) is 3.88. The molecule has 5 heteroatoms. The average molecular weight is 338 g/mol. The second-order valence-corrected chi connectivity index (χ2v) is 6.29. The number of hydrogen-bond donors (Lipinski definition) is 2. The van der Waals surface area contributed by atoms with Crippen molar-refractivity contribution in [1.82, 2.24) is 5.32 Å². The molecule has 2 N–H and O–H groups in total. The van der Waals surface area contributed by atoms with Gasteiger partial charge in [-0.05, 0) is 30.5 Å². The summed E-state index contributed by atoms with van der Waals surface area (Å²) in [5.41, 5.74) is 2.75. The van der Waals surface area contributed by atoms with E-state index in [1.807, 2.05) is 42.5 Å². The minimum Gasteiger partial charge on any atom is -0.388 e. The molecule has 0 radical (unpaired) electrons. The zero-order chi connectivity index (χ0) is 17.8. The predicted octanol–water partition coefficient (Wildman–Crippen LogP) is 2.20. The van der Waals surface area contributed by atoms with Gasteiger partial charge in [0.2, 0.25) is 11.8 Å². The molecule has 130 valence electrons. The van der Waals surface area contributed by atoms with Crippen molar-refractivity contribution < 1.29 is 14.7 Å². The molecule has 1 heterocycles. The minimum absolute atomic E-state index is 0.0712. The summed E-state index contributed by atoms with van der Waals surface area (Å²) in [5.74, 6) is -0.475. The lowest BCUT2D eigenvalue weighted by Crippen LogP contribution is -2.46. The largest absolute Gasteiger partial charge is 0.388 e. The Morgan fingerprint density at radius 3 is 2.56 bits per heavy atom. The molecule has 2 atom stereocenters. The highest BCUT2D eigenvalue weighted by Gasteiger charge is 2.28. The molecule has 25 heavy (non-hydrogen) atoms. The van der Waals surface area contributed by atoms with E-state index in [1.54, 1.807) is 24.0 Å². The van der Waals surface area contributed by atoms with Gasteiger partial charge in [0.1, 0.15) is 6.04 Å². The van der Waals surface area contributed by atoms with Crippen molar-refractivity contribution in [2.75, 3.05) is 11.4 Å². The van der Waals surface area contributed by atoms with Crippen LogP contribution in [-0.2, 0) is 16.0 Å². The molecular weight excluding hydrogens is 316 g/mol. The van der Waals surface area contributed by atoms with Crippen molar-refractivity contribution in [1.29, 1.82) is 0 Å². The summed E-state index contributed by atoms with van der Waals surface area (Å²) in [7, 11) is 0. The molecule has 0 saturated heterocycles. The van der Waals surface area contributed by atoms with Crippen LogP contribution in [0.2, 0.25) is 0 Å². The Morgan fingerprint density at radius 2 is 1.80 bits per heavy atom. The van der Waals surface area contributed by atoms with Crippen molar-refractivity contribution in [3.63, 3.8) is 0 Å². The zero-order valence-electron chi connectivity index (χ0n) is 14.2. The highest BCUT2D eigenvalue weighted by molar-refractivity contribution is 6.00. The van der Waals surface area contributed by atoms with Gasteiger partial charge in [0.25, 0.3) is 0 Å². The van der Waals surface area contributed by atoms with Gasteiger partial charge in [-0.1, -0.05) is 48.5 Å². The summed E-state index contributed by atoms with van der Waals surface area (Å²) in [5, 5.41) is 12.8. The molecule has 0 spiro atoms. The summed E-state index contributed by atoms with van der Waals surface area (Å²) in [6.07, 6.45) is -0.121. The van der Waals surface area contributed by atoms with Gasteiger partial charge in [0.05, 0.1) is 12.5 Å². The number of aliphatic hydroxyl groups is 1. The van der Waals surface area contributed by atoms with Crippen molar-refractivity contribution in [3.05, 3.63) is 65.7 Å². The van der Waals surface area contributed by atoms with Crippen LogP contribution in [0.5, 0.6) is 0 Å². The number of nitrogens with one attached hydrogen (secondary N) is 1. The van der Waals surface area contributed by atoms with Crippen LogP contribution in [0.4, 0.5) is 5.69 Å². The number of amides is 2. The third-order valence-corrected chi connectivity index (χ3v) is 4.46. The van der Waals surface area contributed by atoms with Crippen LogP contribution >= 0.6 is 0 Å². The van der Waals surface area contributed by atoms with Crippen LogP contribution in [0.15, 0.2) is 54.6 Å². The number of anilines is 1. The van der Waals surface area contributed by atoms with Crippen LogP contribution in [-0.4, -0.2) is 29.5 Å². The van der Waals surface area contributed by atoms with Crippen LogP contribution < -0.4 is 10.2 Å². The number of fused-ring (bicyclic) bond motifs is 1. The van der Waals surface area contributed by atoms with Gasteiger partial charge in [-0.2, -0.15) is 0 Å². The second kappa shape index (κ2) is 7.49. The van der Waals surface area contributed by atoms with E-state index in [9.17, 15) is 14.7 Å². The Labute approximate surface area is 147 Å². The Kier molecular flexibility index (Phi) is 5.14. The SMILES string of the molecule is CC(NC(=O)CC(O)c1ccccc1)C(=O)N1CCc2ccccc21. The molecule has 5 nitrogen and oxygen atoms in total. The molecule has 2 aromatic carbocycles. The molecule has 1 aliphatic rings. The van der Waals surface area contributed by atoms with Gasteiger partial charge in [0, 0.05) is 12.2 Å². The molecular formula is C20H22N2O3. The van der Waals surface area contributed by atoms with Crippen LogP contribution in [0.1, 0.15) is 30.6 Å². The average Bonchev–Trinajstić information content (AvgIpc) is 3.05. The van der Waals surface area contributed by atoms with E-state index in [0.29, 0.717) is 12.1 Å². The van der Waals surface area contributed by atoms with Crippen molar-refractivity contribution in [2.24, 2.45) is 0 Å². The molecule has 1 aliphatic heterocycles. The normalized spacial score (nSPS) is 15.4. The van der Waals surface area contributed by atoms with E-state index in [-0.39, 0.29) is 18.2 Å². The second-order valence-electron chi connectivity index (χ2n) is 6.29. The molecule has 3 rings (SSSR count). The summed E-state index contributed by atoms with van der Waals surface area (Å²) in [6.45, 7) is 2.31. The number of para-hydroxylation sites is 1. The van der Waals surface area contributed by atoms with E-state index in [4.69, 9.17) is 0 Å². The number of carbonyl (C=O) groups is 2. The molecule has 2 unspecified atom stereocenters. The first-order valence-electron chi connectivity index (χ1n) is 8.48. The molecule has 2 amide bonds. The van der Waals surface area contributed by atoms with Crippen LogP contribution in [0.25, 0.3) is 0 Å². The van der Waals surface area contributed by atoms with Crippen molar-refractivity contribution in [3.8, 4) is 0 Å². The standard InChI is InChI=1S/C20H22N2O3/c1-14(20(25)22-12-11-15-7-5-6-10-17(15)22)21-19(24)13-18(23)16-8-3-2-4-9-16/h2-10,14,18,23H,11-13H2,1H3,(H,21,24). The fourth-order valence-electron chi connectivity index (χ4n) is 3.13. The van der Waals surface area contributed by atoms with E-state index in [2.05, 4.69) is 5.32 Å². The van der Waals surface area contributed by atoms with Gasteiger partial charge >= 0.3 is 0 Å². The summed E-state index contributed by atoms with van der Waals surface area (Å²) in [6, 6.07) is 16.2. The van der Waals surface area contributed by atoms with E-state index < -0.39 is 12.1 Å². The van der Waals surface area contributed by atoms with Gasteiger partial charge in [-0.3, -0.25) is 9.59 Å². The number of hydrogen-bond acceptors (Lipinski definition) is 3. The molecule has 0 aliphatic carbocycles. The first-order valence-corrected chi connectivity index (χ1v) is 8.48. The van der Waals surface area contributed by atoms with E-state index in [1.165, 1.54) is 0 Å². The maximum Gasteiger partial charge on any atom is 0.249 e. The monoisotopic (exact) mass is 338 g/mol. The highest BCUT2D eigenvalue weighted by Crippen LogP contribution is 2.27. The van der Waals surface area contributed by atoms with Crippen molar-refractivity contribution >= 4 is 17.5 Å². The maximum absolute atomic E-state index is 12.6. The lowest BCUT2D eigenvalue weighted by molar-refractivity contribution is -0.128. The summed E-state index contributed by atoms with van der Waals surface area (Å²) in [4.78, 5) is 26.5. The van der Waals surface area contributed by atoms with Gasteiger partial charge in [-0.15, -0.1) is 0 Å². The molecule has 2 aromatic rings. The van der Waals surface area contributed by atoms with Crippen LogP contribution in [0, 0.1) is 0 Å². The molecule has 0 fully saturated rings. The Morgan fingerprint density at radius 1 is 1.12 bits per heavy atom. The first kappa shape index (κ1) is 17.2. The number of carbonyl (C=O) groups excluding carboxylic acids is 2. The molecule has 0 saturated carbocycles. The maximum atomic E-state index is 12.6. The van der Waals surface area contributed by atoms with Crippen molar-refractivity contribution in [2.45, 2.75) is 31.9 Å². The van der Waals surface area contributed by atoms with E-state index >= 15 is 0 Å². The number of aliphatic hydroxyl groups excluding tert-OH is 1. The zero-order valence-corrected chi connectivity index (χ0v) is 14.2. The number of benzene rings is 2. The smallest absolute Gasteiger partial charge is 0.249 e. The Hall–Kier alpha value is -2.66. The van der Waals surface area contributed by atoms with Gasteiger partial charge < -0.3 is 15.3 Å². The summed E-state index contributed by atoms with van der Waals surface area (Å²) >= 11 is 0. The summed E-state index contributed by atoms with van der Waals surface area (Å²) < 4.78 is 0. The van der Waals surface area contributed by atoms with E-state index in [0.717, 1.165) is 17.7 Å². The highest BCUT2D eigenvalue weighted by atomic mass is 16.3. The lowest BCUT2D eigenvalue weighted by Gasteiger charge is -2.22. The van der Waals surface area contributed by atoms with Gasteiger partial charge in [-0.25, -0.2) is 0 Å². The molecule has 0 aromatic heterocycles. The quantitative estimate of drug-likeness (QED) is 0.878. The van der Waals surface area contributed by atoms with Gasteiger partial charge in [0.15, 0.2) is 0 Å². The predicted molar refractivity (Wildman–Crippen MR) is 96.1 cm³/mol. The Balaban J connectivity index is 1.58. The molecule has 0 bridgehead atoms.